The highest BCUT2D eigenvalue weighted by Gasteiger charge is 2.33. The molecule has 1 saturated heterocycles. The average Bonchev–Trinajstić information content (AvgIpc) is 2.77. The van der Waals surface area contributed by atoms with Gasteiger partial charge in [-0.15, -0.1) is 0 Å². The lowest BCUT2D eigenvalue weighted by Crippen LogP contribution is -2.36. The second-order valence-electron chi connectivity index (χ2n) is 4.77. The van der Waals surface area contributed by atoms with E-state index in [-0.39, 0.29) is 6.04 Å². The molecule has 0 saturated carbocycles. The van der Waals surface area contributed by atoms with E-state index < -0.39 is 0 Å². The maximum absolute atomic E-state index is 5.90. The quantitative estimate of drug-likeness (QED) is 0.929. The van der Waals surface area contributed by atoms with Crippen molar-refractivity contribution in [3.63, 3.8) is 0 Å². The van der Waals surface area contributed by atoms with Crippen LogP contribution in [0.2, 0.25) is 0 Å². The molecule has 0 radical (unpaired) electrons. The number of rotatable bonds is 3. The Labute approximate surface area is 105 Å². The second-order valence-corrected chi connectivity index (χ2v) is 5.63. The minimum absolute atomic E-state index is 0.198. The third-order valence-electron chi connectivity index (χ3n) is 3.40. The van der Waals surface area contributed by atoms with E-state index >= 15 is 0 Å². The van der Waals surface area contributed by atoms with Crippen molar-refractivity contribution in [2.75, 3.05) is 13.1 Å². The summed E-state index contributed by atoms with van der Waals surface area (Å²) in [5, 5.41) is 0. The average molecular weight is 287 g/mol. The van der Waals surface area contributed by atoms with Crippen molar-refractivity contribution >= 4 is 15.9 Å². The van der Waals surface area contributed by atoms with Crippen molar-refractivity contribution in [3.8, 4) is 0 Å². The Kier molecular flexibility index (Phi) is 3.72. The molecule has 1 aromatic heterocycles. The topological polar surface area (TPSA) is 42.4 Å². The molecule has 90 valence electrons. The van der Waals surface area contributed by atoms with Gasteiger partial charge in [0.25, 0.3) is 0 Å². The van der Waals surface area contributed by atoms with Gasteiger partial charge in [0, 0.05) is 19.1 Å². The maximum Gasteiger partial charge on any atom is 0.136 e. The molecule has 16 heavy (non-hydrogen) atoms. The van der Waals surface area contributed by atoms with Crippen LogP contribution in [-0.4, -0.2) is 24.0 Å². The maximum atomic E-state index is 5.90. The monoisotopic (exact) mass is 286 g/mol. The van der Waals surface area contributed by atoms with Crippen molar-refractivity contribution in [1.82, 2.24) is 4.90 Å². The van der Waals surface area contributed by atoms with Crippen molar-refractivity contribution in [3.05, 3.63) is 22.6 Å². The molecule has 3 atom stereocenters. The Balaban J connectivity index is 2.20. The Bertz CT molecular complexity index is 353. The molecule has 0 spiro atoms. The summed E-state index contributed by atoms with van der Waals surface area (Å²) in [7, 11) is 0. The first-order valence-corrected chi connectivity index (χ1v) is 6.61. The van der Waals surface area contributed by atoms with Gasteiger partial charge in [0.2, 0.25) is 0 Å². The molecule has 2 N–H and O–H groups in total. The highest BCUT2D eigenvalue weighted by Crippen LogP contribution is 2.34. The van der Waals surface area contributed by atoms with E-state index in [1.54, 1.807) is 6.26 Å². The number of nitrogens with zero attached hydrogens (tertiary/aromatic N) is 1. The number of nitrogens with two attached hydrogens (primary N) is 1. The predicted octanol–water partition coefficient (Wildman–Crippen LogP) is 2.77. The molecule has 2 rings (SSSR count). The molecule has 0 bridgehead atoms. The lowest BCUT2D eigenvalue weighted by molar-refractivity contribution is 0.169. The normalized spacial score (nSPS) is 28.5. The first-order valence-electron chi connectivity index (χ1n) is 5.82. The summed E-state index contributed by atoms with van der Waals surface area (Å²) in [6.45, 7) is 6.27. The third kappa shape index (κ3) is 2.19. The number of halogens is 1. The zero-order valence-corrected chi connectivity index (χ0v) is 11.4. The second kappa shape index (κ2) is 4.90. The molecule has 3 unspecified atom stereocenters. The largest absolute Gasteiger partial charge is 0.466 e. The van der Waals surface area contributed by atoms with E-state index in [1.165, 1.54) is 6.42 Å². The molecule has 1 aliphatic rings. The van der Waals surface area contributed by atoms with E-state index in [0.717, 1.165) is 22.7 Å². The van der Waals surface area contributed by atoms with Crippen molar-refractivity contribution in [2.45, 2.75) is 32.4 Å². The lowest BCUT2D eigenvalue weighted by Gasteiger charge is -2.29. The van der Waals surface area contributed by atoms with E-state index in [1.807, 2.05) is 6.07 Å². The Hall–Kier alpha value is -0.320. The molecule has 2 heterocycles. The van der Waals surface area contributed by atoms with Gasteiger partial charge in [0.1, 0.15) is 5.76 Å². The van der Waals surface area contributed by atoms with Crippen LogP contribution in [0.4, 0.5) is 0 Å². The molecular weight excluding hydrogens is 268 g/mol. The standard InChI is InChI=1S/C12H19BrN2O/c1-8-5-9(2)15(7-8)11(6-14)12-10(13)3-4-16-12/h3-4,8-9,11H,5-7,14H2,1-2H3. The highest BCUT2D eigenvalue weighted by molar-refractivity contribution is 9.10. The van der Waals surface area contributed by atoms with Gasteiger partial charge < -0.3 is 10.2 Å². The van der Waals surface area contributed by atoms with Gasteiger partial charge in [-0.1, -0.05) is 6.92 Å². The summed E-state index contributed by atoms with van der Waals surface area (Å²) in [5.74, 6) is 1.71. The number of hydrogen-bond donors (Lipinski definition) is 1. The van der Waals surface area contributed by atoms with Crippen molar-refractivity contribution in [2.24, 2.45) is 11.7 Å². The molecule has 4 heteroatoms. The Morgan fingerprint density at radius 1 is 1.62 bits per heavy atom. The minimum atomic E-state index is 0.198. The van der Waals surface area contributed by atoms with Crippen LogP contribution in [0.25, 0.3) is 0 Å². The fourth-order valence-electron chi connectivity index (χ4n) is 2.70. The molecule has 0 amide bonds. The van der Waals surface area contributed by atoms with Gasteiger partial charge in [0.15, 0.2) is 0 Å². The zero-order valence-electron chi connectivity index (χ0n) is 9.82. The third-order valence-corrected chi connectivity index (χ3v) is 4.06. The first kappa shape index (κ1) is 12.1. The molecule has 1 aliphatic heterocycles. The highest BCUT2D eigenvalue weighted by atomic mass is 79.9. The summed E-state index contributed by atoms with van der Waals surface area (Å²) < 4.78 is 6.57. The van der Waals surface area contributed by atoms with E-state index in [0.29, 0.717) is 12.6 Å². The van der Waals surface area contributed by atoms with Gasteiger partial charge in [0.05, 0.1) is 16.8 Å². The lowest BCUT2D eigenvalue weighted by atomic mass is 10.1. The van der Waals surface area contributed by atoms with Gasteiger partial charge >= 0.3 is 0 Å². The van der Waals surface area contributed by atoms with Gasteiger partial charge in [-0.05, 0) is 41.3 Å². The Morgan fingerprint density at radius 2 is 2.38 bits per heavy atom. The minimum Gasteiger partial charge on any atom is -0.466 e. The van der Waals surface area contributed by atoms with Gasteiger partial charge in [-0.25, -0.2) is 0 Å². The van der Waals surface area contributed by atoms with Crippen LogP contribution in [0, 0.1) is 5.92 Å². The van der Waals surface area contributed by atoms with Crippen LogP contribution in [0.5, 0.6) is 0 Å². The first-order chi connectivity index (χ1) is 7.63. The van der Waals surface area contributed by atoms with Crippen LogP contribution in [0.15, 0.2) is 21.2 Å². The van der Waals surface area contributed by atoms with Crippen LogP contribution >= 0.6 is 15.9 Å². The van der Waals surface area contributed by atoms with E-state index in [2.05, 4.69) is 34.7 Å². The zero-order chi connectivity index (χ0) is 11.7. The summed E-state index contributed by atoms with van der Waals surface area (Å²) in [5.41, 5.74) is 5.90. The van der Waals surface area contributed by atoms with Crippen LogP contribution in [0.3, 0.4) is 0 Å². The van der Waals surface area contributed by atoms with Gasteiger partial charge in [-0.3, -0.25) is 4.90 Å². The fraction of sp³-hybridized carbons (Fsp3) is 0.667. The number of likely N-dealkylation sites (tertiary alicyclic amines) is 1. The van der Waals surface area contributed by atoms with E-state index in [9.17, 15) is 0 Å². The fourth-order valence-corrected chi connectivity index (χ4v) is 3.17. The molecule has 1 aromatic rings. The SMILES string of the molecule is CC1CC(C)N(C(CN)c2occc2Br)C1. The smallest absolute Gasteiger partial charge is 0.136 e. The summed E-state index contributed by atoms with van der Waals surface area (Å²) in [6.07, 6.45) is 2.96. The Morgan fingerprint density at radius 3 is 2.81 bits per heavy atom. The van der Waals surface area contributed by atoms with Crippen molar-refractivity contribution < 1.29 is 4.42 Å². The number of hydrogen-bond acceptors (Lipinski definition) is 3. The van der Waals surface area contributed by atoms with Gasteiger partial charge in [-0.2, -0.15) is 0 Å². The molecule has 0 aliphatic carbocycles. The molecule has 1 fully saturated rings. The van der Waals surface area contributed by atoms with Crippen LogP contribution in [-0.2, 0) is 0 Å². The predicted molar refractivity (Wildman–Crippen MR) is 68.2 cm³/mol. The molecular formula is C12H19BrN2O. The number of furan rings is 1. The van der Waals surface area contributed by atoms with E-state index in [4.69, 9.17) is 10.2 Å². The molecule has 0 aromatic carbocycles. The van der Waals surface area contributed by atoms with Crippen molar-refractivity contribution in [1.29, 1.82) is 0 Å². The summed E-state index contributed by atoms with van der Waals surface area (Å²) >= 11 is 3.51. The summed E-state index contributed by atoms with van der Waals surface area (Å²) in [4.78, 5) is 2.45. The summed E-state index contributed by atoms with van der Waals surface area (Å²) in [6, 6.07) is 2.71. The van der Waals surface area contributed by atoms with Crippen LogP contribution < -0.4 is 5.73 Å². The molecule has 3 nitrogen and oxygen atoms in total. The van der Waals surface area contributed by atoms with Crippen LogP contribution in [0.1, 0.15) is 32.1 Å².